The molecule has 2 unspecified atom stereocenters. The predicted octanol–water partition coefficient (Wildman–Crippen LogP) is 1.15. The molecule has 0 aromatic carbocycles. The van der Waals surface area contributed by atoms with Crippen molar-refractivity contribution < 1.29 is 0 Å². The van der Waals surface area contributed by atoms with Crippen LogP contribution < -0.4 is 0 Å². The summed E-state index contributed by atoms with van der Waals surface area (Å²) in [5.74, 6) is 1.21. The fraction of sp³-hybridized carbons (Fsp3) is 0.444. The van der Waals surface area contributed by atoms with Crippen LogP contribution in [-0.4, -0.2) is 31.7 Å². The molecule has 5 heteroatoms. The maximum Gasteiger partial charge on any atom is 0.159 e. The van der Waals surface area contributed by atoms with Crippen molar-refractivity contribution >= 4 is 11.8 Å². The lowest BCUT2D eigenvalue weighted by molar-refractivity contribution is 0.651. The van der Waals surface area contributed by atoms with Crippen LogP contribution in [-0.2, 0) is 7.05 Å². The van der Waals surface area contributed by atoms with Gasteiger partial charge in [-0.2, -0.15) is 11.8 Å². The fourth-order valence-corrected chi connectivity index (χ4v) is 2.32. The van der Waals surface area contributed by atoms with Crippen molar-refractivity contribution in [2.24, 2.45) is 7.05 Å². The van der Waals surface area contributed by atoms with E-state index in [1.807, 2.05) is 24.9 Å². The van der Waals surface area contributed by atoms with Crippen LogP contribution in [0.25, 0.3) is 0 Å². The molecule has 1 aromatic rings. The summed E-state index contributed by atoms with van der Waals surface area (Å²) >= 11 is 1.81. The molecule has 1 aromatic heterocycles. The molecule has 0 radical (unpaired) electrons. The molecule has 0 saturated heterocycles. The Balaban J connectivity index is 2.29. The summed E-state index contributed by atoms with van der Waals surface area (Å²) in [6.45, 7) is 0. The smallest absolute Gasteiger partial charge is 0.159 e. The molecule has 1 heterocycles. The number of nitrogens with zero attached hydrogens (tertiary/aromatic N) is 4. The second-order valence-electron chi connectivity index (χ2n) is 3.16. The molecule has 1 aliphatic rings. The van der Waals surface area contributed by atoms with Gasteiger partial charge in [0.05, 0.1) is 5.92 Å². The topological polar surface area (TPSA) is 43.6 Å². The number of aromatic nitrogens is 4. The Morgan fingerprint density at radius 3 is 2.79 bits per heavy atom. The highest BCUT2D eigenvalue weighted by atomic mass is 32.2. The Morgan fingerprint density at radius 1 is 1.36 bits per heavy atom. The minimum atomic E-state index is 0.287. The van der Waals surface area contributed by atoms with E-state index in [-0.39, 0.29) is 5.92 Å². The first-order valence-corrected chi connectivity index (χ1v) is 5.71. The molecule has 4 nitrogen and oxygen atoms in total. The maximum atomic E-state index is 4.04. The van der Waals surface area contributed by atoms with E-state index in [0.29, 0.717) is 5.25 Å². The van der Waals surface area contributed by atoms with Gasteiger partial charge in [-0.05, 0) is 16.7 Å². The van der Waals surface area contributed by atoms with Crippen LogP contribution >= 0.6 is 11.8 Å². The molecule has 1 aliphatic carbocycles. The third-order valence-corrected chi connectivity index (χ3v) is 3.30. The molecule has 2 atom stereocenters. The van der Waals surface area contributed by atoms with Gasteiger partial charge in [0.1, 0.15) is 0 Å². The fourth-order valence-electron chi connectivity index (χ4n) is 1.56. The predicted molar refractivity (Wildman–Crippen MR) is 57.1 cm³/mol. The lowest BCUT2D eigenvalue weighted by atomic mass is 9.99. The van der Waals surface area contributed by atoms with Crippen LogP contribution in [0.3, 0.4) is 0 Å². The molecular formula is C9H12N4S. The number of rotatable bonds is 2. The summed E-state index contributed by atoms with van der Waals surface area (Å²) in [5.41, 5.74) is 0. The van der Waals surface area contributed by atoms with Crippen molar-refractivity contribution in [3.05, 3.63) is 30.1 Å². The SMILES string of the molecule is CSC1C=CC=CC1c1nnnn1C. The highest BCUT2D eigenvalue weighted by molar-refractivity contribution is 7.99. The average molecular weight is 208 g/mol. The van der Waals surface area contributed by atoms with E-state index in [9.17, 15) is 0 Å². The molecule has 0 N–H and O–H groups in total. The minimum Gasteiger partial charge on any atom is -0.232 e. The van der Waals surface area contributed by atoms with Gasteiger partial charge in [-0.3, -0.25) is 0 Å². The lowest BCUT2D eigenvalue weighted by Gasteiger charge is -2.20. The van der Waals surface area contributed by atoms with Gasteiger partial charge in [0, 0.05) is 12.3 Å². The summed E-state index contributed by atoms with van der Waals surface area (Å²) < 4.78 is 1.73. The molecule has 0 bridgehead atoms. The van der Waals surface area contributed by atoms with Crippen molar-refractivity contribution in [3.63, 3.8) is 0 Å². The van der Waals surface area contributed by atoms with Crippen molar-refractivity contribution in [2.75, 3.05) is 6.26 Å². The zero-order valence-electron chi connectivity index (χ0n) is 8.16. The minimum absolute atomic E-state index is 0.287. The van der Waals surface area contributed by atoms with Gasteiger partial charge in [0.2, 0.25) is 0 Å². The Bertz CT molecular complexity index is 369. The zero-order chi connectivity index (χ0) is 9.97. The van der Waals surface area contributed by atoms with Gasteiger partial charge >= 0.3 is 0 Å². The molecule has 0 amide bonds. The van der Waals surface area contributed by atoms with Crippen molar-refractivity contribution in [1.82, 2.24) is 20.2 Å². The molecular weight excluding hydrogens is 196 g/mol. The number of hydrogen-bond acceptors (Lipinski definition) is 4. The van der Waals surface area contributed by atoms with Gasteiger partial charge in [-0.1, -0.05) is 24.3 Å². The number of tetrazole rings is 1. The third kappa shape index (κ3) is 1.59. The first-order valence-electron chi connectivity index (χ1n) is 4.43. The Hall–Kier alpha value is -1.10. The number of hydrogen-bond donors (Lipinski definition) is 0. The Morgan fingerprint density at radius 2 is 2.14 bits per heavy atom. The highest BCUT2D eigenvalue weighted by Gasteiger charge is 2.23. The molecule has 74 valence electrons. The van der Waals surface area contributed by atoms with Crippen LogP contribution in [0.15, 0.2) is 24.3 Å². The largest absolute Gasteiger partial charge is 0.232 e. The first kappa shape index (κ1) is 9.45. The molecule has 0 spiro atoms. The normalized spacial score (nSPS) is 25.6. The van der Waals surface area contributed by atoms with Crippen LogP contribution in [0.1, 0.15) is 11.7 Å². The Labute approximate surface area is 87.1 Å². The van der Waals surface area contributed by atoms with Crippen LogP contribution in [0, 0.1) is 0 Å². The average Bonchev–Trinajstić information content (AvgIpc) is 2.64. The van der Waals surface area contributed by atoms with E-state index in [2.05, 4.69) is 40.0 Å². The van der Waals surface area contributed by atoms with E-state index in [0.717, 1.165) is 5.82 Å². The second kappa shape index (κ2) is 3.96. The summed E-state index contributed by atoms with van der Waals surface area (Å²) in [5, 5.41) is 12.0. The highest BCUT2D eigenvalue weighted by Crippen LogP contribution is 2.30. The van der Waals surface area contributed by atoms with Gasteiger partial charge in [0.15, 0.2) is 5.82 Å². The summed E-state index contributed by atoms with van der Waals surface area (Å²) in [6, 6.07) is 0. The first-order chi connectivity index (χ1) is 6.83. The van der Waals surface area contributed by atoms with Crippen molar-refractivity contribution in [2.45, 2.75) is 11.2 Å². The third-order valence-electron chi connectivity index (χ3n) is 2.31. The van der Waals surface area contributed by atoms with Crippen LogP contribution in [0.4, 0.5) is 0 Å². The zero-order valence-corrected chi connectivity index (χ0v) is 8.98. The summed E-state index contributed by atoms with van der Waals surface area (Å²) in [4.78, 5) is 0. The van der Waals surface area contributed by atoms with E-state index >= 15 is 0 Å². The summed E-state index contributed by atoms with van der Waals surface area (Å²) in [7, 11) is 1.87. The maximum absolute atomic E-state index is 4.04. The van der Waals surface area contributed by atoms with Crippen molar-refractivity contribution in [1.29, 1.82) is 0 Å². The molecule has 2 rings (SSSR count). The quantitative estimate of drug-likeness (QED) is 0.731. The lowest BCUT2D eigenvalue weighted by Crippen LogP contribution is -2.17. The van der Waals surface area contributed by atoms with Gasteiger partial charge < -0.3 is 0 Å². The summed E-state index contributed by atoms with van der Waals surface area (Å²) in [6.07, 6.45) is 10.6. The second-order valence-corrected chi connectivity index (χ2v) is 4.17. The van der Waals surface area contributed by atoms with E-state index in [1.54, 1.807) is 4.68 Å². The van der Waals surface area contributed by atoms with E-state index in [4.69, 9.17) is 0 Å². The van der Waals surface area contributed by atoms with E-state index in [1.165, 1.54) is 0 Å². The number of allylic oxidation sites excluding steroid dienone is 3. The van der Waals surface area contributed by atoms with E-state index < -0.39 is 0 Å². The van der Waals surface area contributed by atoms with Crippen LogP contribution in [0.5, 0.6) is 0 Å². The van der Waals surface area contributed by atoms with Crippen molar-refractivity contribution in [3.8, 4) is 0 Å². The number of thioether (sulfide) groups is 1. The monoisotopic (exact) mass is 208 g/mol. The number of aryl methyl sites for hydroxylation is 1. The van der Waals surface area contributed by atoms with Gasteiger partial charge in [-0.15, -0.1) is 5.10 Å². The van der Waals surface area contributed by atoms with Crippen LogP contribution in [0.2, 0.25) is 0 Å². The van der Waals surface area contributed by atoms with Gasteiger partial charge in [0.25, 0.3) is 0 Å². The molecule has 0 saturated carbocycles. The standard InChI is InChI=1S/C9H12N4S/c1-13-9(10-11-12-13)7-5-3-4-6-8(7)14-2/h3-8H,1-2H3. The Kier molecular flexibility index (Phi) is 2.67. The molecule has 14 heavy (non-hydrogen) atoms. The molecule has 0 fully saturated rings. The van der Waals surface area contributed by atoms with Gasteiger partial charge in [-0.25, -0.2) is 4.68 Å². The molecule has 0 aliphatic heterocycles.